The molecule has 0 aliphatic heterocycles. The van der Waals surface area contributed by atoms with Gasteiger partial charge in [0.1, 0.15) is 0 Å². The zero-order chi connectivity index (χ0) is 13.9. The number of fused-ring (bicyclic) bond motifs is 1. The van der Waals surface area contributed by atoms with Gasteiger partial charge in [-0.2, -0.15) is 0 Å². The van der Waals surface area contributed by atoms with Crippen LogP contribution in [0.3, 0.4) is 0 Å². The number of nitro groups is 1. The molecule has 0 aliphatic rings. The highest BCUT2D eigenvalue weighted by Gasteiger charge is 2.13. The van der Waals surface area contributed by atoms with Crippen LogP contribution in [0.1, 0.15) is 11.1 Å². The molecule has 0 bridgehead atoms. The number of hydrogen-bond donors (Lipinski definition) is 0. The van der Waals surface area contributed by atoms with Crippen LogP contribution >= 0.6 is 0 Å². The summed E-state index contributed by atoms with van der Waals surface area (Å²) in [4.78, 5) is 14.9. The number of non-ortho nitro benzene ring substituents is 1. The molecule has 0 aliphatic carbocycles. The van der Waals surface area contributed by atoms with Crippen molar-refractivity contribution >= 4 is 16.5 Å². The normalized spacial score (nSPS) is 10.6. The number of aromatic nitrogens is 1. The zero-order valence-electron chi connectivity index (χ0n) is 10.7. The van der Waals surface area contributed by atoms with Crippen LogP contribution in [0.2, 0.25) is 0 Å². The predicted molar refractivity (Wildman–Crippen MR) is 77.6 cm³/mol. The molecule has 0 amide bonds. The van der Waals surface area contributed by atoms with Crippen LogP contribution in [0.4, 0.5) is 5.69 Å². The molecule has 0 saturated heterocycles. The van der Waals surface area contributed by atoms with Gasteiger partial charge in [-0.15, -0.1) is 0 Å². The summed E-state index contributed by atoms with van der Waals surface area (Å²) in [6.45, 7) is 0. The fourth-order valence-electron chi connectivity index (χ4n) is 2.34. The standard InChI is InChI=1S/C16H12N2O2/c19-18(20)16-11-13(9-12-5-7-17-8-6-12)10-14-3-1-2-4-15(14)16/h1-8,10-11H,9H2. The van der Waals surface area contributed by atoms with Crippen molar-refractivity contribution in [2.75, 3.05) is 0 Å². The molecule has 2 aromatic carbocycles. The Morgan fingerprint density at radius 1 is 1.00 bits per heavy atom. The maximum absolute atomic E-state index is 11.2. The van der Waals surface area contributed by atoms with E-state index in [9.17, 15) is 10.1 Å². The fraction of sp³-hybridized carbons (Fsp3) is 0.0625. The van der Waals surface area contributed by atoms with E-state index < -0.39 is 0 Å². The summed E-state index contributed by atoms with van der Waals surface area (Å²) in [6.07, 6.45) is 4.11. The van der Waals surface area contributed by atoms with Crippen molar-refractivity contribution in [3.8, 4) is 0 Å². The van der Waals surface area contributed by atoms with Crippen LogP contribution < -0.4 is 0 Å². The van der Waals surface area contributed by atoms with E-state index in [-0.39, 0.29) is 10.6 Å². The lowest BCUT2D eigenvalue weighted by Gasteiger charge is -2.05. The molecule has 4 nitrogen and oxygen atoms in total. The smallest absolute Gasteiger partial charge is 0.265 e. The number of nitro benzene ring substituents is 1. The molecule has 0 spiro atoms. The maximum atomic E-state index is 11.2. The third-order valence-corrected chi connectivity index (χ3v) is 3.25. The molecule has 0 N–H and O–H groups in total. The Hall–Kier alpha value is -2.75. The van der Waals surface area contributed by atoms with Gasteiger partial charge in [0.05, 0.1) is 10.3 Å². The third kappa shape index (κ3) is 2.36. The second-order valence-electron chi connectivity index (χ2n) is 4.63. The number of rotatable bonds is 3. The molecular weight excluding hydrogens is 252 g/mol. The van der Waals surface area contributed by atoms with Crippen LogP contribution in [0.25, 0.3) is 10.8 Å². The highest BCUT2D eigenvalue weighted by Crippen LogP contribution is 2.28. The minimum Gasteiger partial charge on any atom is -0.265 e. The largest absolute Gasteiger partial charge is 0.277 e. The molecule has 3 rings (SSSR count). The van der Waals surface area contributed by atoms with Gasteiger partial charge in [0.15, 0.2) is 0 Å². The first kappa shape index (κ1) is 12.3. The Kier molecular flexibility index (Phi) is 3.13. The predicted octanol–water partition coefficient (Wildman–Crippen LogP) is 3.73. The summed E-state index contributed by atoms with van der Waals surface area (Å²) in [5.74, 6) is 0. The first-order chi connectivity index (χ1) is 9.74. The highest BCUT2D eigenvalue weighted by atomic mass is 16.6. The Labute approximate surface area is 115 Å². The number of nitrogens with zero attached hydrogens (tertiary/aromatic N) is 2. The van der Waals surface area contributed by atoms with Crippen molar-refractivity contribution in [2.24, 2.45) is 0 Å². The van der Waals surface area contributed by atoms with E-state index in [0.29, 0.717) is 11.8 Å². The summed E-state index contributed by atoms with van der Waals surface area (Å²) in [5.41, 5.74) is 2.18. The van der Waals surface area contributed by atoms with E-state index in [0.717, 1.165) is 16.5 Å². The average molecular weight is 264 g/mol. The summed E-state index contributed by atoms with van der Waals surface area (Å²) < 4.78 is 0. The van der Waals surface area contributed by atoms with Gasteiger partial charge in [-0.25, -0.2) is 0 Å². The Bertz CT molecular complexity index is 770. The van der Waals surface area contributed by atoms with Gasteiger partial charge in [0.2, 0.25) is 0 Å². The summed E-state index contributed by atoms with van der Waals surface area (Å²) in [5, 5.41) is 12.8. The first-order valence-corrected chi connectivity index (χ1v) is 6.29. The van der Waals surface area contributed by atoms with E-state index in [4.69, 9.17) is 0 Å². The lowest BCUT2D eigenvalue weighted by molar-refractivity contribution is -0.383. The van der Waals surface area contributed by atoms with Crippen LogP contribution in [0, 0.1) is 10.1 Å². The van der Waals surface area contributed by atoms with E-state index in [2.05, 4.69) is 4.98 Å². The van der Waals surface area contributed by atoms with E-state index in [1.807, 2.05) is 36.4 Å². The molecule has 4 heteroatoms. The van der Waals surface area contributed by atoms with E-state index >= 15 is 0 Å². The van der Waals surface area contributed by atoms with Gasteiger partial charge in [0, 0.05) is 18.5 Å². The van der Waals surface area contributed by atoms with Crippen LogP contribution in [-0.4, -0.2) is 9.91 Å². The molecule has 0 fully saturated rings. The van der Waals surface area contributed by atoms with Gasteiger partial charge in [0.25, 0.3) is 5.69 Å². The molecule has 98 valence electrons. The van der Waals surface area contributed by atoms with E-state index in [1.165, 1.54) is 0 Å². The summed E-state index contributed by atoms with van der Waals surface area (Å²) >= 11 is 0. The van der Waals surface area contributed by atoms with Crippen molar-refractivity contribution in [3.63, 3.8) is 0 Å². The van der Waals surface area contributed by atoms with Gasteiger partial charge in [-0.1, -0.05) is 24.3 Å². The summed E-state index contributed by atoms with van der Waals surface area (Å²) in [6, 6.07) is 14.9. The van der Waals surface area contributed by atoms with Crippen LogP contribution in [0.15, 0.2) is 60.9 Å². The Morgan fingerprint density at radius 2 is 1.75 bits per heavy atom. The quantitative estimate of drug-likeness (QED) is 0.535. The second-order valence-corrected chi connectivity index (χ2v) is 4.63. The fourth-order valence-corrected chi connectivity index (χ4v) is 2.34. The zero-order valence-corrected chi connectivity index (χ0v) is 10.7. The molecule has 0 unspecified atom stereocenters. The number of hydrogen-bond acceptors (Lipinski definition) is 3. The SMILES string of the molecule is O=[N+]([O-])c1cc(Cc2ccncc2)cc2ccccc12. The van der Waals surface area contributed by atoms with E-state index in [1.54, 1.807) is 24.5 Å². The monoisotopic (exact) mass is 264 g/mol. The lowest BCUT2D eigenvalue weighted by atomic mass is 10.0. The van der Waals surface area contributed by atoms with Gasteiger partial charge in [-0.3, -0.25) is 15.1 Å². The average Bonchev–Trinajstić information content (AvgIpc) is 2.47. The van der Waals surface area contributed by atoms with Crippen molar-refractivity contribution < 1.29 is 4.92 Å². The van der Waals surface area contributed by atoms with Crippen LogP contribution in [-0.2, 0) is 6.42 Å². The molecule has 1 aromatic heterocycles. The van der Waals surface area contributed by atoms with Gasteiger partial charge >= 0.3 is 0 Å². The Morgan fingerprint density at radius 3 is 2.50 bits per heavy atom. The molecule has 0 atom stereocenters. The van der Waals surface area contributed by atoms with Gasteiger partial charge < -0.3 is 0 Å². The summed E-state index contributed by atoms with van der Waals surface area (Å²) in [7, 11) is 0. The number of pyridine rings is 1. The van der Waals surface area contributed by atoms with Crippen molar-refractivity contribution in [1.29, 1.82) is 0 Å². The van der Waals surface area contributed by atoms with Crippen molar-refractivity contribution in [3.05, 3.63) is 82.2 Å². The number of benzene rings is 2. The maximum Gasteiger partial charge on any atom is 0.277 e. The van der Waals surface area contributed by atoms with Crippen molar-refractivity contribution in [2.45, 2.75) is 6.42 Å². The van der Waals surface area contributed by atoms with Crippen molar-refractivity contribution in [1.82, 2.24) is 4.98 Å². The van der Waals surface area contributed by atoms with Gasteiger partial charge in [-0.05, 0) is 41.1 Å². The lowest BCUT2D eigenvalue weighted by Crippen LogP contribution is -1.94. The topological polar surface area (TPSA) is 56.0 Å². The van der Waals surface area contributed by atoms with Crippen LogP contribution in [0.5, 0.6) is 0 Å². The minimum absolute atomic E-state index is 0.159. The molecule has 1 heterocycles. The first-order valence-electron chi connectivity index (χ1n) is 6.29. The molecule has 0 radical (unpaired) electrons. The molecule has 3 aromatic rings. The Balaban J connectivity index is 2.10. The second kappa shape index (κ2) is 5.09. The molecule has 0 saturated carbocycles. The molecular formula is C16H12N2O2. The molecule has 20 heavy (non-hydrogen) atoms. The highest BCUT2D eigenvalue weighted by molar-refractivity contribution is 5.91. The third-order valence-electron chi connectivity index (χ3n) is 3.25. The minimum atomic E-state index is -0.321.